The van der Waals surface area contributed by atoms with Crippen LogP contribution >= 0.6 is 0 Å². The Balaban J connectivity index is 1.61. The molecule has 1 amide bonds. The Labute approximate surface area is 156 Å². The van der Waals surface area contributed by atoms with Crippen molar-refractivity contribution in [3.63, 3.8) is 0 Å². The number of H-pyrrole nitrogens is 1. The van der Waals surface area contributed by atoms with Crippen LogP contribution in [0.3, 0.4) is 0 Å². The van der Waals surface area contributed by atoms with E-state index in [2.05, 4.69) is 22.2 Å². The summed E-state index contributed by atoms with van der Waals surface area (Å²) in [7, 11) is 0. The van der Waals surface area contributed by atoms with Gasteiger partial charge in [0, 0.05) is 42.8 Å². The SMILES string of the molecule is CC(C)Oc1ccc(NC(=O)c2c[nH]c3c2-c2nccn2C(C)C3)c(F)c1. The summed E-state index contributed by atoms with van der Waals surface area (Å²) < 4.78 is 21.9. The summed E-state index contributed by atoms with van der Waals surface area (Å²) in [6, 6.07) is 4.68. The Morgan fingerprint density at radius 1 is 1.44 bits per heavy atom. The number of anilines is 1. The summed E-state index contributed by atoms with van der Waals surface area (Å²) in [4.78, 5) is 20.4. The molecular formula is C20H21FN4O2. The Bertz CT molecular complexity index is 1010. The molecule has 0 fully saturated rings. The van der Waals surface area contributed by atoms with Gasteiger partial charge in [0.05, 0.1) is 22.9 Å². The van der Waals surface area contributed by atoms with Crippen molar-refractivity contribution in [3.05, 3.63) is 53.9 Å². The van der Waals surface area contributed by atoms with Crippen LogP contribution in [0.15, 0.2) is 36.8 Å². The maximum atomic E-state index is 14.4. The van der Waals surface area contributed by atoms with E-state index in [0.717, 1.165) is 23.5 Å². The molecule has 27 heavy (non-hydrogen) atoms. The topological polar surface area (TPSA) is 71.9 Å². The van der Waals surface area contributed by atoms with E-state index in [9.17, 15) is 9.18 Å². The molecule has 4 rings (SSSR count). The van der Waals surface area contributed by atoms with Crippen LogP contribution in [0.2, 0.25) is 0 Å². The van der Waals surface area contributed by atoms with Crippen LogP contribution in [0, 0.1) is 5.82 Å². The lowest BCUT2D eigenvalue weighted by molar-refractivity contribution is 0.102. The Morgan fingerprint density at radius 2 is 2.26 bits per heavy atom. The highest BCUT2D eigenvalue weighted by molar-refractivity contribution is 6.09. The fourth-order valence-electron chi connectivity index (χ4n) is 3.45. The van der Waals surface area contributed by atoms with Crippen LogP contribution in [-0.2, 0) is 6.42 Å². The lowest BCUT2D eigenvalue weighted by Gasteiger charge is -2.22. The summed E-state index contributed by atoms with van der Waals surface area (Å²) in [5.74, 6) is 0.251. The molecule has 2 N–H and O–H groups in total. The monoisotopic (exact) mass is 368 g/mol. The van der Waals surface area contributed by atoms with Crippen molar-refractivity contribution in [1.29, 1.82) is 0 Å². The van der Waals surface area contributed by atoms with Gasteiger partial charge in [-0.2, -0.15) is 0 Å². The highest BCUT2D eigenvalue weighted by atomic mass is 19.1. The van der Waals surface area contributed by atoms with Gasteiger partial charge in [-0.1, -0.05) is 0 Å². The first-order valence-electron chi connectivity index (χ1n) is 8.95. The molecule has 3 heterocycles. The smallest absolute Gasteiger partial charge is 0.258 e. The first-order valence-corrected chi connectivity index (χ1v) is 8.95. The molecule has 1 atom stereocenters. The standard InChI is InChI=1S/C20H21FN4O2/c1-11(2)27-13-4-5-16(15(21)9-13)24-20(26)14-10-23-17-8-12(3)25-7-6-22-19(25)18(14)17/h4-7,9-12,23H,8H2,1-3H3,(H,24,26). The number of carbonyl (C=O) groups excluding carboxylic acids is 1. The van der Waals surface area contributed by atoms with E-state index in [1.165, 1.54) is 12.1 Å². The molecule has 3 aromatic rings. The quantitative estimate of drug-likeness (QED) is 0.726. The van der Waals surface area contributed by atoms with Crippen LogP contribution in [-0.4, -0.2) is 26.5 Å². The predicted octanol–water partition coefficient (Wildman–Crippen LogP) is 4.17. The van der Waals surface area contributed by atoms with Gasteiger partial charge in [0.2, 0.25) is 0 Å². The highest BCUT2D eigenvalue weighted by Crippen LogP contribution is 2.35. The molecule has 6 nitrogen and oxygen atoms in total. The number of aromatic amines is 1. The van der Waals surface area contributed by atoms with Crippen molar-refractivity contribution in [3.8, 4) is 17.1 Å². The largest absolute Gasteiger partial charge is 0.491 e. The second-order valence-electron chi connectivity index (χ2n) is 7.03. The third-order valence-electron chi connectivity index (χ3n) is 4.63. The number of ether oxygens (including phenoxy) is 1. The molecular weight excluding hydrogens is 347 g/mol. The predicted molar refractivity (Wildman–Crippen MR) is 101 cm³/mol. The van der Waals surface area contributed by atoms with Crippen molar-refractivity contribution in [2.45, 2.75) is 39.3 Å². The number of rotatable bonds is 4. The van der Waals surface area contributed by atoms with Gasteiger partial charge in [-0.25, -0.2) is 9.37 Å². The third-order valence-corrected chi connectivity index (χ3v) is 4.63. The van der Waals surface area contributed by atoms with Crippen LogP contribution in [0.4, 0.5) is 10.1 Å². The van der Waals surface area contributed by atoms with E-state index >= 15 is 0 Å². The maximum Gasteiger partial charge on any atom is 0.258 e. The zero-order valence-corrected chi connectivity index (χ0v) is 15.4. The van der Waals surface area contributed by atoms with Crippen LogP contribution in [0.25, 0.3) is 11.4 Å². The molecule has 1 aliphatic rings. The first kappa shape index (κ1) is 17.3. The Kier molecular flexibility index (Phi) is 4.22. The Morgan fingerprint density at radius 3 is 3.00 bits per heavy atom. The summed E-state index contributed by atoms with van der Waals surface area (Å²) in [5.41, 5.74) is 2.30. The van der Waals surface area contributed by atoms with E-state index in [4.69, 9.17) is 4.74 Å². The number of carbonyl (C=O) groups is 1. The number of nitrogens with zero attached hydrogens (tertiary/aromatic N) is 2. The number of halogens is 1. The minimum absolute atomic E-state index is 0.0534. The summed E-state index contributed by atoms with van der Waals surface area (Å²) in [6.07, 6.45) is 6.02. The third kappa shape index (κ3) is 3.09. The van der Waals surface area contributed by atoms with Gasteiger partial charge < -0.3 is 19.6 Å². The molecule has 140 valence electrons. The van der Waals surface area contributed by atoms with Crippen molar-refractivity contribution < 1.29 is 13.9 Å². The van der Waals surface area contributed by atoms with E-state index in [1.807, 2.05) is 24.6 Å². The van der Waals surface area contributed by atoms with Crippen LogP contribution < -0.4 is 10.1 Å². The summed E-state index contributed by atoms with van der Waals surface area (Å²) in [6.45, 7) is 5.84. The molecule has 0 aliphatic carbocycles. The first-order chi connectivity index (χ1) is 12.9. The minimum atomic E-state index is -0.541. The van der Waals surface area contributed by atoms with Crippen molar-refractivity contribution in [1.82, 2.24) is 14.5 Å². The van der Waals surface area contributed by atoms with Gasteiger partial charge in [-0.05, 0) is 32.9 Å². The fraction of sp³-hybridized carbons (Fsp3) is 0.300. The molecule has 0 spiro atoms. The van der Waals surface area contributed by atoms with Crippen LogP contribution in [0.5, 0.6) is 5.75 Å². The Hall–Kier alpha value is -3.09. The molecule has 0 radical (unpaired) electrons. The molecule has 1 aliphatic heterocycles. The molecule has 7 heteroatoms. The normalized spacial score (nSPS) is 15.4. The zero-order valence-electron chi connectivity index (χ0n) is 15.4. The second kappa shape index (κ2) is 6.57. The van der Waals surface area contributed by atoms with Gasteiger partial charge in [-0.15, -0.1) is 0 Å². The summed E-state index contributed by atoms with van der Waals surface area (Å²) >= 11 is 0. The average Bonchev–Trinajstić information content (AvgIpc) is 3.23. The fourth-order valence-corrected chi connectivity index (χ4v) is 3.45. The summed E-state index contributed by atoms with van der Waals surface area (Å²) in [5, 5.41) is 2.65. The lowest BCUT2D eigenvalue weighted by Crippen LogP contribution is -2.18. The maximum absolute atomic E-state index is 14.4. The van der Waals surface area contributed by atoms with E-state index in [0.29, 0.717) is 11.3 Å². The number of benzene rings is 1. The molecule has 2 aromatic heterocycles. The molecule has 0 bridgehead atoms. The highest BCUT2D eigenvalue weighted by Gasteiger charge is 2.28. The van der Waals surface area contributed by atoms with E-state index < -0.39 is 5.82 Å². The van der Waals surface area contributed by atoms with Gasteiger partial charge in [0.1, 0.15) is 17.4 Å². The number of imidazole rings is 1. The van der Waals surface area contributed by atoms with Gasteiger partial charge in [0.25, 0.3) is 5.91 Å². The van der Waals surface area contributed by atoms with Crippen molar-refractivity contribution in [2.24, 2.45) is 0 Å². The van der Waals surface area contributed by atoms with Crippen molar-refractivity contribution >= 4 is 11.6 Å². The number of fused-ring (bicyclic) bond motifs is 3. The van der Waals surface area contributed by atoms with Crippen LogP contribution in [0.1, 0.15) is 42.9 Å². The number of amides is 1. The van der Waals surface area contributed by atoms with Gasteiger partial charge >= 0.3 is 0 Å². The number of aromatic nitrogens is 3. The van der Waals surface area contributed by atoms with Gasteiger partial charge in [0.15, 0.2) is 0 Å². The lowest BCUT2D eigenvalue weighted by atomic mass is 10.0. The molecule has 1 aromatic carbocycles. The van der Waals surface area contributed by atoms with E-state index in [1.54, 1.807) is 18.5 Å². The zero-order chi connectivity index (χ0) is 19.1. The number of hydrogen-bond acceptors (Lipinski definition) is 3. The molecule has 0 saturated heterocycles. The number of hydrogen-bond donors (Lipinski definition) is 2. The average molecular weight is 368 g/mol. The van der Waals surface area contributed by atoms with E-state index in [-0.39, 0.29) is 23.7 Å². The van der Waals surface area contributed by atoms with Crippen molar-refractivity contribution in [2.75, 3.05) is 5.32 Å². The second-order valence-corrected chi connectivity index (χ2v) is 7.03. The molecule has 1 unspecified atom stereocenters. The van der Waals surface area contributed by atoms with Gasteiger partial charge in [-0.3, -0.25) is 4.79 Å². The molecule has 0 saturated carbocycles. The minimum Gasteiger partial charge on any atom is -0.491 e. The number of nitrogens with one attached hydrogen (secondary N) is 2.